The number of aromatic nitrogens is 5. The van der Waals surface area contributed by atoms with E-state index in [1.54, 1.807) is 31.4 Å². The quantitative estimate of drug-likeness (QED) is 0.484. The van der Waals surface area contributed by atoms with Gasteiger partial charge < -0.3 is 10.1 Å². The van der Waals surface area contributed by atoms with Crippen molar-refractivity contribution < 1.29 is 4.74 Å². The maximum Gasteiger partial charge on any atom is 0.264 e. The number of anilines is 1. The third kappa shape index (κ3) is 4.08. The van der Waals surface area contributed by atoms with Crippen molar-refractivity contribution in [3.8, 4) is 22.9 Å². The van der Waals surface area contributed by atoms with E-state index in [9.17, 15) is 4.79 Å². The van der Waals surface area contributed by atoms with E-state index in [-0.39, 0.29) is 16.9 Å². The van der Waals surface area contributed by atoms with Gasteiger partial charge in [-0.1, -0.05) is 6.07 Å². The Morgan fingerprint density at radius 3 is 2.70 bits per heavy atom. The van der Waals surface area contributed by atoms with Crippen molar-refractivity contribution in [1.82, 2.24) is 24.5 Å². The fourth-order valence-electron chi connectivity index (χ4n) is 2.93. The normalized spacial score (nSPS) is 11.1. The smallest absolute Gasteiger partial charge is 0.264 e. The molecule has 0 fully saturated rings. The topological polar surface area (TPSA) is 94.8 Å². The average molecular weight is 423 g/mol. The van der Waals surface area contributed by atoms with E-state index in [2.05, 4.69) is 25.3 Å². The van der Waals surface area contributed by atoms with Gasteiger partial charge in [0.1, 0.15) is 5.75 Å². The van der Waals surface area contributed by atoms with Gasteiger partial charge >= 0.3 is 0 Å². The van der Waals surface area contributed by atoms with Crippen LogP contribution in [0, 0.1) is 0 Å². The monoisotopic (exact) mass is 422 g/mol. The van der Waals surface area contributed by atoms with Gasteiger partial charge in [0.15, 0.2) is 0 Å². The number of halogens is 1. The van der Waals surface area contributed by atoms with Gasteiger partial charge in [0.25, 0.3) is 5.56 Å². The standard InChI is InChI=1S/C21H19ClN6O2/c1-12(2)25-21-24-11-15(19(29)28(21)3)17-6-4-13-10-14(5-7-16(13)26-17)30-18-8-9-23-20(22)27-18/h4-12H,1-3H3,(H,24,25). The second kappa shape index (κ2) is 8.08. The van der Waals surface area contributed by atoms with Gasteiger partial charge in [-0.3, -0.25) is 9.36 Å². The highest BCUT2D eigenvalue weighted by molar-refractivity contribution is 6.28. The number of ether oxygens (including phenoxy) is 1. The summed E-state index contributed by atoms with van der Waals surface area (Å²) in [6.07, 6.45) is 3.08. The Balaban J connectivity index is 1.66. The number of fused-ring (bicyclic) bond motifs is 1. The molecule has 0 spiro atoms. The molecule has 0 amide bonds. The summed E-state index contributed by atoms with van der Waals surface area (Å²) in [6, 6.07) is 10.9. The third-order valence-corrected chi connectivity index (χ3v) is 4.53. The van der Waals surface area contributed by atoms with E-state index < -0.39 is 0 Å². The summed E-state index contributed by atoms with van der Waals surface area (Å²) < 4.78 is 7.22. The number of benzene rings is 1. The summed E-state index contributed by atoms with van der Waals surface area (Å²) >= 11 is 5.79. The van der Waals surface area contributed by atoms with Gasteiger partial charge in [0, 0.05) is 36.9 Å². The van der Waals surface area contributed by atoms with Crippen LogP contribution in [0.2, 0.25) is 5.28 Å². The van der Waals surface area contributed by atoms with Gasteiger partial charge in [0.05, 0.1) is 16.8 Å². The van der Waals surface area contributed by atoms with E-state index in [0.29, 0.717) is 28.8 Å². The predicted octanol–water partition coefficient (Wildman–Crippen LogP) is 4.05. The lowest BCUT2D eigenvalue weighted by atomic mass is 10.1. The van der Waals surface area contributed by atoms with Crippen molar-refractivity contribution in [2.75, 3.05) is 5.32 Å². The molecule has 1 N–H and O–H groups in total. The Morgan fingerprint density at radius 1 is 1.10 bits per heavy atom. The van der Waals surface area contributed by atoms with Gasteiger partial charge in [0.2, 0.25) is 17.1 Å². The number of rotatable bonds is 5. The van der Waals surface area contributed by atoms with Gasteiger partial charge in [-0.2, -0.15) is 4.98 Å². The number of hydrogen-bond donors (Lipinski definition) is 1. The zero-order chi connectivity index (χ0) is 21.3. The first-order valence-corrected chi connectivity index (χ1v) is 9.68. The first kappa shape index (κ1) is 19.8. The Kier molecular flexibility index (Phi) is 5.33. The molecular weight excluding hydrogens is 404 g/mol. The van der Waals surface area contributed by atoms with Crippen LogP contribution in [0.25, 0.3) is 22.2 Å². The lowest BCUT2D eigenvalue weighted by Gasteiger charge is -2.13. The van der Waals surface area contributed by atoms with Crippen LogP contribution in [0.5, 0.6) is 11.6 Å². The maximum atomic E-state index is 12.8. The second-order valence-electron chi connectivity index (χ2n) is 6.98. The van der Waals surface area contributed by atoms with Crippen LogP contribution in [0.1, 0.15) is 13.8 Å². The highest BCUT2D eigenvalue weighted by Gasteiger charge is 2.12. The Labute approximate surface area is 177 Å². The van der Waals surface area contributed by atoms with Gasteiger partial charge in [-0.15, -0.1) is 0 Å². The van der Waals surface area contributed by atoms with E-state index in [0.717, 1.165) is 10.9 Å². The molecule has 0 atom stereocenters. The SMILES string of the molecule is CC(C)Nc1ncc(-c2ccc3cc(Oc4ccnc(Cl)n4)ccc3n2)c(=O)n1C. The van der Waals surface area contributed by atoms with Crippen molar-refractivity contribution >= 4 is 28.5 Å². The summed E-state index contributed by atoms with van der Waals surface area (Å²) in [7, 11) is 1.69. The zero-order valence-electron chi connectivity index (χ0n) is 16.6. The van der Waals surface area contributed by atoms with Crippen LogP contribution in [-0.4, -0.2) is 30.5 Å². The number of pyridine rings is 1. The Morgan fingerprint density at radius 2 is 1.93 bits per heavy atom. The minimum atomic E-state index is -0.166. The molecule has 3 heterocycles. The summed E-state index contributed by atoms with van der Waals surface area (Å²) in [6.45, 7) is 3.98. The van der Waals surface area contributed by atoms with Crippen LogP contribution < -0.4 is 15.6 Å². The van der Waals surface area contributed by atoms with Crippen molar-refractivity contribution in [3.05, 3.63) is 64.4 Å². The Hall–Kier alpha value is -3.52. The van der Waals surface area contributed by atoms with Crippen molar-refractivity contribution in [2.24, 2.45) is 7.05 Å². The largest absolute Gasteiger partial charge is 0.439 e. The zero-order valence-corrected chi connectivity index (χ0v) is 17.4. The fourth-order valence-corrected chi connectivity index (χ4v) is 3.07. The molecule has 152 valence electrons. The minimum Gasteiger partial charge on any atom is -0.439 e. The third-order valence-electron chi connectivity index (χ3n) is 4.35. The van der Waals surface area contributed by atoms with Crippen LogP contribution in [0.3, 0.4) is 0 Å². The van der Waals surface area contributed by atoms with Gasteiger partial charge in [-0.25, -0.2) is 15.0 Å². The molecule has 0 radical (unpaired) electrons. The number of nitrogens with one attached hydrogen (secondary N) is 1. The Bertz CT molecular complexity index is 1290. The molecule has 3 aromatic heterocycles. The molecule has 0 aliphatic heterocycles. The minimum absolute atomic E-state index is 0.115. The lowest BCUT2D eigenvalue weighted by molar-refractivity contribution is 0.462. The molecular formula is C21H19ClN6O2. The van der Waals surface area contributed by atoms with Crippen molar-refractivity contribution in [2.45, 2.75) is 19.9 Å². The van der Waals surface area contributed by atoms with Gasteiger partial charge in [-0.05, 0) is 49.7 Å². The van der Waals surface area contributed by atoms with E-state index >= 15 is 0 Å². The molecule has 0 aliphatic rings. The summed E-state index contributed by atoms with van der Waals surface area (Å²) in [5.74, 6) is 1.46. The molecule has 0 unspecified atom stereocenters. The second-order valence-corrected chi connectivity index (χ2v) is 7.31. The molecule has 8 nitrogen and oxygen atoms in total. The molecule has 9 heteroatoms. The summed E-state index contributed by atoms with van der Waals surface area (Å²) in [5.41, 5.74) is 1.56. The molecule has 30 heavy (non-hydrogen) atoms. The van der Waals surface area contributed by atoms with Crippen molar-refractivity contribution in [1.29, 1.82) is 0 Å². The van der Waals surface area contributed by atoms with Crippen LogP contribution >= 0.6 is 11.6 Å². The molecule has 4 rings (SSSR count). The summed E-state index contributed by atoms with van der Waals surface area (Å²) in [4.78, 5) is 29.6. The average Bonchev–Trinajstić information content (AvgIpc) is 2.71. The fraction of sp³-hybridized carbons (Fsp3) is 0.190. The molecule has 0 aliphatic carbocycles. The van der Waals surface area contributed by atoms with Crippen LogP contribution in [0.4, 0.5) is 5.95 Å². The van der Waals surface area contributed by atoms with Crippen LogP contribution in [-0.2, 0) is 7.05 Å². The molecule has 1 aromatic carbocycles. The maximum absolute atomic E-state index is 12.8. The highest BCUT2D eigenvalue weighted by atomic mass is 35.5. The van der Waals surface area contributed by atoms with E-state index in [1.165, 1.54) is 10.8 Å². The molecule has 0 bridgehead atoms. The number of hydrogen-bond acceptors (Lipinski definition) is 7. The lowest BCUT2D eigenvalue weighted by Crippen LogP contribution is -2.25. The molecule has 0 saturated carbocycles. The molecule has 0 saturated heterocycles. The van der Waals surface area contributed by atoms with E-state index in [4.69, 9.17) is 16.3 Å². The first-order valence-electron chi connectivity index (χ1n) is 9.31. The van der Waals surface area contributed by atoms with E-state index in [1.807, 2.05) is 32.0 Å². The van der Waals surface area contributed by atoms with Crippen LogP contribution in [0.15, 0.2) is 53.6 Å². The highest BCUT2D eigenvalue weighted by Crippen LogP contribution is 2.26. The predicted molar refractivity (Wildman–Crippen MR) is 116 cm³/mol. The first-order chi connectivity index (χ1) is 14.4. The molecule has 4 aromatic rings. The summed E-state index contributed by atoms with van der Waals surface area (Å²) in [5, 5.41) is 4.13. The number of nitrogens with zero attached hydrogens (tertiary/aromatic N) is 5. The van der Waals surface area contributed by atoms with Crippen molar-refractivity contribution in [3.63, 3.8) is 0 Å².